The van der Waals surface area contributed by atoms with Crippen LogP contribution in [-0.2, 0) is 25.7 Å². The van der Waals surface area contributed by atoms with Crippen molar-refractivity contribution >= 4 is 81.7 Å². The van der Waals surface area contributed by atoms with Gasteiger partial charge in [0, 0.05) is 49.5 Å². The highest BCUT2D eigenvalue weighted by Gasteiger charge is 2.54. The van der Waals surface area contributed by atoms with E-state index in [1.54, 1.807) is 53.2 Å². The third-order valence-electron chi connectivity index (χ3n) is 12.9. The molecule has 2 saturated carbocycles. The normalized spacial score (nSPS) is 19.0. The Kier molecular flexibility index (Phi) is 16.5. The van der Waals surface area contributed by atoms with Gasteiger partial charge in [0.25, 0.3) is 11.8 Å². The monoisotopic (exact) mass is 990 g/mol. The molecule has 1 saturated heterocycles. The number of carbonyl (C=O) groups excluding carboxylic acids is 5. The highest BCUT2D eigenvalue weighted by molar-refractivity contribution is 8.00. The first-order valence-electron chi connectivity index (χ1n) is 23.0. The van der Waals surface area contributed by atoms with E-state index in [0.717, 1.165) is 34.5 Å². The average molecular weight is 992 g/mol. The molecule has 6 N–H and O–H groups in total. The number of rotatable bonds is 20. The van der Waals surface area contributed by atoms with Crippen molar-refractivity contribution in [3.05, 3.63) is 76.0 Å². The second-order valence-corrected chi connectivity index (χ2v) is 21.0. The molecule has 4 aromatic rings. The van der Waals surface area contributed by atoms with Gasteiger partial charge in [-0.25, -0.2) is 14.4 Å². The van der Waals surface area contributed by atoms with Gasteiger partial charge in [0.2, 0.25) is 23.7 Å². The maximum atomic E-state index is 15.1. The van der Waals surface area contributed by atoms with Gasteiger partial charge in [0.1, 0.15) is 28.7 Å². The predicted octanol–water partition coefficient (Wildman–Crippen LogP) is 6.81. The molecular weight excluding hydrogens is 931 g/mol. The number of hydrogen-bond donors (Lipinski definition) is 6. The van der Waals surface area contributed by atoms with Crippen LogP contribution < -0.4 is 36.6 Å². The van der Waals surface area contributed by atoms with E-state index in [4.69, 9.17) is 16.3 Å². The molecule has 3 aliphatic rings. The van der Waals surface area contributed by atoms with Crippen LogP contribution in [0, 0.1) is 18.8 Å². The minimum absolute atomic E-state index is 0.0636. The number of carbonyl (C=O) groups is 5. The lowest BCUT2D eigenvalue weighted by atomic mass is 9.82. The number of aromatic nitrogens is 3. The molecule has 0 radical (unpaired) electrons. The number of thiazole rings is 1. The van der Waals surface area contributed by atoms with Gasteiger partial charge < -0.3 is 41.5 Å². The summed E-state index contributed by atoms with van der Waals surface area (Å²) in [6, 6.07) is 11.1. The largest absolute Gasteiger partial charge is 0.495 e. The summed E-state index contributed by atoms with van der Waals surface area (Å²) >= 11 is 9.22. The van der Waals surface area contributed by atoms with Crippen molar-refractivity contribution in [1.82, 2.24) is 41.1 Å². The number of alkyl halides is 1. The van der Waals surface area contributed by atoms with Gasteiger partial charge >= 0.3 is 0 Å². The van der Waals surface area contributed by atoms with Crippen molar-refractivity contribution in [3.63, 3.8) is 0 Å². The smallest absolute Gasteiger partial charge is 0.258 e. The minimum atomic E-state index is -1.98. The first kappa shape index (κ1) is 50.3. The molecule has 0 spiro atoms. The van der Waals surface area contributed by atoms with Crippen molar-refractivity contribution in [2.24, 2.45) is 11.8 Å². The first-order chi connectivity index (χ1) is 32.6. The first-order valence-corrected chi connectivity index (χ1v) is 25.3. The quantitative estimate of drug-likeness (QED) is 0.0505. The summed E-state index contributed by atoms with van der Waals surface area (Å²) in [5.74, 6) is 0.0882. The third kappa shape index (κ3) is 12.4. The lowest BCUT2D eigenvalue weighted by molar-refractivity contribution is -0.143. The molecule has 1 aliphatic heterocycles. The third-order valence-corrected chi connectivity index (χ3v) is 15.8. The molecule has 20 heteroatoms. The Balaban J connectivity index is 0.861. The molecule has 3 heterocycles. The van der Waals surface area contributed by atoms with Gasteiger partial charge in [-0.05, 0) is 113 Å². The Morgan fingerprint density at radius 1 is 0.985 bits per heavy atom. The molecule has 2 atom stereocenters. The van der Waals surface area contributed by atoms with E-state index in [2.05, 4.69) is 46.9 Å². The second-order valence-electron chi connectivity index (χ2n) is 18.1. The number of aryl methyl sites for hydroxylation is 1. The van der Waals surface area contributed by atoms with Gasteiger partial charge in [-0.2, -0.15) is 16.7 Å². The summed E-state index contributed by atoms with van der Waals surface area (Å²) in [6.45, 7) is 6.88. The summed E-state index contributed by atoms with van der Waals surface area (Å²) in [7, 11) is 3.19. The van der Waals surface area contributed by atoms with Gasteiger partial charge in [-0.15, -0.1) is 11.3 Å². The number of benzene rings is 2. The fourth-order valence-electron chi connectivity index (χ4n) is 8.53. The summed E-state index contributed by atoms with van der Waals surface area (Å²) in [5.41, 5.74) is 3.70. The maximum absolute atomic E-state index is 15.1. The number of amides is 5. The molecule has 2 aromatic carbocycles. The van der Waals surface area contributed by atoms with Crippen LogP contribution in [0.15, 0.2) is 54.2 Å². The van der Waals surface area contributed by atoms with Crippen LogP contribution in [0.3, 0.4) is 0 Å². The van der Waals surface area contributed by atoms with Gasteiger partial charge in [-0.3, -0.25) is 24.0 Å². The van der Waals surface area contributed by atoms with Crippen LogP contribution in [0.5, 0.6) is 5.75 Å². The van der Waals surface area contributed by atoms with Crippen LogP contribution in [0.25, 0.3) is 10.4 Å². The zero-order chi connectivity index (χ0) is 48.6. The Labute approximate surface area is 409 Å². The highest BCUT2D eigenvalue weighted by atomic mass is 35.5. The van der Waals surface area contributed by atoms with Crippen LogP contribution >= 0.6 is 34.7 Å². The molecule has 2 aromatic heterocycles. The minimum Gasteiger partial charge on any atom is -0.495 e. The lowest BCUT2D eigenvalue weighted by Crippen LogP contribution is -2.61. The lowest BCUT2D eigenvalue weighted by Gasteiger charge is -2.38. The van der Waals surface area contributed by atoms with Crippen molar-refractivity contribution in [3.8, 4) is 16.2 Å². The van der Waals surface area contributed by atoms with Gasteiger partial charge in [-0.1, -0.05) is 35.9 Å². The number of nitrogens with zero attached hydrogens (tertiary/aromatic N) is 4. The van der Waals surface area contributed by atoms with Crippen LogP contribution in [-0.4, -0.2) is 111 Å². The number of hydrogen-bond acceptors (Lipinski definition) is 13. The molecule has 3 fully saturated rings. The fraction of sp³-hybridized carbons (Fsp3) is 0.500. The summed E-state index contributed by atoms with van der Waals surface area (Å²) in [6.07, 6.45) is 5.78. The number of ether oxygens (including phenoxy) is 1. The fourth-order valence-corrected chi connectivity index (χ4v) is 10.9. The molecular formula is C48H60ClFN10O6S2. The van der Waals surface area contributed by atoms with Crippen molar-refractivity contribution in [2.75, 3.05) is 50.2 Å². The summed E-state index contributed by atoms with van der Waals surface area (Å²) in [5, 5.41) is 17.9. The highest BCUT2D eigenvalue weighted by Crippen LogP contribution is 2.42. The zero-order valence-electron chi connectivity index (χ0n) is 39.0. The van der Waals surface area contributed by atoms with E-state index in [0.29, 0.717) is 78.3 Å². The number of nitrogens with one attached hydrogen (secondary N) is 6. The Morgan fingerprint density at radius 2 is 1.72 bits per heavy atom. The van der Waals surface area contributed by atoms with Gasteiger partial charge in [0.15, 0.2) is 5.67 Å². The zero-order valence-corrected chi connectivity index (χ0v) is 41.4. The number of likely N-dealkylation sites (tertiary alicyclic amines) is 1. The number of halogens is 2. The number of methoxy groups -OCH3 is 1. The standard InChI is InChI=1S/C48H60ClFN10O6S2/c1-28-38(67-27-56-28)31-12-8-29(9-13-31)24-54-43(63)36-7-6-22-60(36)44(64)39(58-45(65)48(50)18-19-48)47(2,3)68-26-30-10-14-32(15-11-30)41(61)52-20-21-53-42(62)33-16-17-35(37(23-33)66-5)57-46-55-25-34(49)40(51-4)59-46/h8-9,12-13,16-17,23,25,27,30,32,36,39H,6-7,10-11,14-15,18-22,24,26H2,1-5H3,(H,52,61)(H,53,62)(H,54,63)(H,58,65)(H2,51,55,57,59)/t30?,32?,36?,39-/m1/s1. The molecule has 2 aliphatic carbocycles. The van der Waals surface area contributed by atoms with Crippen molar-refractivity contribution < 1.29 is 33.1 Å². The Hall–Kier alpha value is -5.53. The van der Waals surface area contributed by atoms with Crippen LogP contribution in [0.2, 0.25) is 5.02 Å². The predicted molar refractivity (Wildman–Crippen MR) is 264 cm³/mol. The van der Waals surface area contributed by atoms with E-state index in [-0.39, 0.29) is 55.5 Å². The SMILES string of the molecule is CNc1nc(Nc2ccc(C(=O)NCCNC(=O)C3CCC(CSC(C)(C)[C@H](NC(=O)C4(F)CC4)C(=O)N4CCCC4C(=O)NCc4ccc(-c5scnc5C)cc4)CC3)cc2OC)ncc1Cl. The van der Waals surface area contributed by atoms with Crippen molar-refractivity contribution in [2.45, 2.75) is 101 Å². The van der Waals surface area contributed by atoms with Crippen LogP contribution in [0.4, 0.5) is 21.8 Å². The molecule has 68 heavy (non-hydrogen) atoms. The molecule has 7 rings (SSSR count). The van der Waals surface area contributed by atoms with Crippen molar-refractivity contribution in [1.29, 1.82) is 0 Å². The second kappa shape index (κ2) is 22.3. The number of anilines is 3. The topological polar surface area (TPSA) is 209 Å². The Morgan fingerprint density at radius 3 is 2.40 bits per heavy atom. The van der Waals surface area contributed by atoms with E-state index in [1.165, 1.54) is 13.3 Å². The van der Waals surface area contributed by atoms with E-state index in [1.807, 2.05) is 50.5 Å². The van der Waals surface area contributed by atoms with Gasteiger partial charge in [0.05, 0.1) is 35.1 Å². The molecule has 16 nitrogen and oxygen atoms in total. The van der Waals surface area contributed by atoms with E-state index in [9.17, 15) is 24.0 Å². The van der Waals surface area contributed by atoms with Crippen LogP contribution in [0.1, 0.15) is 86.8 Å². The average Bonchev–Trinajstić information content (AvgIpc) is 3.66. The summed E-state index contributed by atoms with van der Waals surface area (Å²) in [4.78, 5) is 82.9. The Bertz CT molecular complexity index is 2460. The molecule has 1 unspecified atom stereocenters. The molecule has 0 bridgehead atoms. The summed E-state index contributed by atoms with van der Waals surface area (Å²) < 4.78 is 19.8. The van der Waals surface area contributed by atoms with E-state index < -0.39 is 34.3 Å². The van der Waals surface area contributed by atoms with E-state index >= 15 is 4.39 Å². The number of thioether (sulfide) groups is 1. The molecule has 364 valence electrons. The molecule has 5 amide bonds. The maximum Gasteiger partial charge on any atom is 0.258 e.